The summed E-state index contributed by atoms with van der Waals surface area (Å²) < 4.78 is 10.7. The first-order valence-corrected chi connectivity index (χ1v) is 6.34. The van der Waals surface area contributed by atoms with Crippen LogP contribution < -0.4 is 9.47 Å². The number of likely N-dealkylation sites (N-methyl/N-ethyl adjacent to an activating group) is 1. The van der Waals surface area contributed by atoms with Crippen molar-refractivity contribution in [1.29, 1.82) is 0 Å². The molecule has 1 fully saturated rings. The molecule has 1 N–H and O–H groups in total. The molecule has 1 unspecified atom stereocenters. The molecule has 0 spiro atoms. The number of hydrogen-bond acceptors (Lipinski definition) is 4. The van der Waals surface area contributed by atoms with E-state index in [0.29, 0.717) is 13.0 Å². The second-order valence-electron chi connectivity index (χ2n) is 4.45. The number of halogens is 1. The summed E-state index contributed by atoms with van der Waals surface area (Å²) in [6.45, 7) is 0.608. The van der Waals surface area contributed by atoms with Crippen LogP contribution in [0.3, 0.4) is 0 Å². The number of benzene rings is 1. The number of rotatable bonds is 4. The molecule has 0 radical (unpaired) electrons. The van der Waals surface area contributed by atoms with E-state index in [1.54, 1.807) is 11.9 Å². The van der Waals surface area contributed by atoms with Gasteiger partial charge in [0, 0.05) is 20.0 Å². The number of carbonyl (C=O) groups excluding carboxylic acids is 1. The normalized spacial score (nSPS) is 18.2. The minimum atomic E-state index is -1.12. The van der Waals surface area contributed by atoms with Gasteiger partial charge in [0.25, 0.3) is 5.91 Å². The fourth-order valence-electron chi connectivity index (χ4n) is 2.00. The second kappa shape index (κ2) is 5.58. The van der Waals surface area contributed by atoms with E-state index in [1.807, 2.05) is 0 Å². The van der Waals surface area contributed by atoms with Crippen LogP contribution in [-0.2, 0) is 4.79 Å². The minimum Gasteiger partial charge on any atom is -0.493 e. The standard InChI is InChI=1S/C13H14ClNO5/c1-15-4-3-9(12(15)16)20-11-8(14)5-7(13(17)18)6-10(11)19-2/h5-6,9H,3-4H2,1-2H3,(H,17,18). The molecule has 20 heavy (non-hydrogen) atoms. The van der Waals surface area contributed by atoms with Gasteiger partial charge in [0.05, 0.1) is 17.7 Å². The summed E-state index contributed by atoms with van der Waals surface area (Å²) in [4.78, 5) is 24.3. The fraction of sp³-hybridized carbons (Fsp3) is 0.385. The van der Waals surface area contributed by atoms with E-state index in [-0.39, 0.29) is 28.0 Å². The van der Waals surface area contributed by atoms with E-state index in [9.17, 15) is 9.59 Å². The number of amides is 1. The van der Waals surface area contributed by atoms with E-state index in [0.717, 1.165) is 0 Å². The van der Waals surface area contributed by atoms with Crippen LogP contribution in [0.15, 0.2) is 12.1 Å². The van der Waals surface area contributed by atoms with Gasteiger partial charge in [-0.05, 0) is 12.1 Å². The number of ether oxygens (including phenoxy) is 2. The van der Waals surface area contributed by atoms with Crippen LogP contribution in [0.4, 0.5) is 0 Å². The molecule has 7 heteroatoms. The van der Waals surface area contributed by atoms with Gasteiger partial charge in [-0.25, -0.2) is 4.79 Å². The van der Waals surface area contributed by atoms with Crippen molar-refractivity contribution in [3.8, 4) is 11.5 Å². The summed E-state index contributed by atoms with van der Waals surface area (Å²) in [5.41, 5.74) is -0.00549. The highest BCUT2D eigenvalue weighted by atomic mass is 35.5. The minimum absolute atomic E-state index is 0.00549. The van der Waals surface area contributed by atoms with Crippen LogP contribution in [0.1, 0.15) is 16.8 Å². The van der Waals surface area contributed by atoms with Gasteiger partial charge >= 0.3 is 5.97 Å². The lowest BCUT2D eigenvalue weighted by Gasteiger charge is -2.17. The van der Waals surface area contributed by atoms with Crippen LogP contribution in [0.2, 0.25) is 5.02 Å². The number of nitrogens with zero attached hydrogens (tertiary/aromatic N) is 1. The summed E-state index contributed by atoms with van der Waals surface area (Å²) in [7, 11) is 3.07. The van der Waals surface area contributed by atoms with E-state index >= 15 is 0 Å². The summed E-state index contributed by atoms with van der Waals surface area (Å²) >= 11 is 6.03. The Bertz CT molecular complexity index is 560. The lowest BCUT2D eigenvalue weighted by atomic mass is 10.2. The molecule has 1 heterocycles. The Kier molecular flexibility index (Phi) is 4.04. The number of aromatic carboxylic acids is 1. The van der Waals surface area contributed by atoms with Gasteiger partial charge in [-0.15, -0.1) is 0 Å². The average molecular weight is 300 g/mol. The first kappa shape index (κ1) is 14.5. The van der Waals surface area contributed by atoms with Gasteiger partial charge in [0.2, 0.25) is 0 Å². The Hall–Kier alpha value is -1.95. The third-order valence-electron chi connectivity index (χ3n) is 3.11. The highest BCUT2D eigenvalue weighted by molar-refractivity contribution is 6.32. The van der Waals surface area contributed by atoms with Crippen molar-refractivity contribution >= 4 is 23.5 Å². The van der Waals surface area contributed by atoms with Crippen LogP contribution in [0.25, 0.3) is 0 Å². The van der Waals surface area contributed by atoms with Crippen LogP contribution in [-0.4, -0.2) is 48.7 Å². The van der Waals surface area contributed by atoms with E-state index in [4.69, 9.17) is 26.2 Å². The number of methoxy groups -OCH3 is 1. The third kappa shape index (κ3) is 2.65. The number of hydrogen-bond donors (Lipinski definition) is 1. The van der Waals surface area contributed by atoms with Gasteiger partial charge in [-0.1, -0.05) is 11.6 Å². The molecule has 1 aliphatic rings. The van der Waals surface area contributed by atoms with Gasteiger partial charge in [-0.3, -0.25) is 4.79 Å². The largest absolute Gasteiger partial charge is 0.493 e. The molecule has 6 nitrogen and oxygen atoms in total. The van der Waals surface area contributed by atoms with E-state index in [2.05, 4.69) is 0 Å². The van der Waals surface area contributed by atoms with Crippen molar-refractivity contribution in [2.75, 3.05) is 20.7 Å². The smallest absolute Gasteiger partial charge is 0.335 e. The molecule has 1 atom stereocenters. The maximum Gasteiger partial charge on any atom is 0.335 e. The number of carboxylic acid groups (broad SMARTS) is 1. The second-order valence-corrected chi connectivity index (χ2v) is 4.86. The maximum atomic E-state index is 11.8. The van der Waals surface area contributed by atoms with Crippen molar-refractivity contribution in [1.82, 2.24) is 4.90 Å². The Labute approximate surface area is 120 Å². The summed E-state index contributed by atoms with van der Waals surface area (Å²) in [5.74, 6) is -0.871. The Morgan fingerprint density at radius 3 is 2.70 bits per heavy atom. The Balaban J connectivity index is 2.32. The highest BCUT2D eigenvalue weighted by Crippen LogP contribution is 2.38. The van der Waals surface area contributed by atoms with Crippen molar-refractivity contribution in [2.45, 2.75) is 12.5 Å². The van der Waals surface area contributed by atoms with Crippen LogP contribution in [0, 0.1) is 0 Å². The molecule has 108 valence electrons. The van der Waals surface area contributed by atoms with Gasteiger partial charge in [0.15, 0.2) is 17.6 Å². The van der Waals surface area contributed by atoms with Crippen molar-refractivity contribution in [2.24, 2.45) is 0 Å². The molecule has 2 rings (SSSR count). The summed E-state index contributed by atoms with van der Waals surface area (Å²) in [5, 5.41) is 9.07. The molecule has 1 aromatic carbocycles. The molecular weight excluding hydrogens is 286 g/mol. The lowest BCUT2D eigenvalue weighted by molar-refractivity contribution is -0.132. The predicted octanol–water partition coefficient (Wildman–Crippen LogP) is 1.66. The van der Waals surface area contributed by atoms with Crippen LogP contribution >= 0.6 is 11.6 Å². The number of carbonyl (C=O) groups is 2. The first-order valence-electron chi connectivity index (χ1n) is 5.96. The Morgan fingerprint density at radius 2 is 2.20 bits per heavy atom. The number of likely N-dealkylation sites (tertiary alicyclic amines) is 1. The van der Waals surface area contributed by atoms with Crippen molar-refractivity contribution in [3.05, 3.63) is 22.7 Å². The maximum absolute atomic E-state index is 11.8. The van der Waals surface area contributed by atoms with Crippen molar-refractivity contribution in [3.63, 3.8) is 0 Å². The molecule has 0 aromatic heterocycles. The highest BCUT2D eigenvalue weighted by Gasteiger charge is 2.32. The lowest BCUT2D eigenvalue weighted by Crippen LogP contribution is -2.29. The predicted molar refractivity (Wildman–Crippen MR) is 71.6 cm³/mol. The molecule has 0 saturated carbocycles. The van der Waals surface area contributed by atoms with E-state index in [1.165, 1.54) is 19.2 Å². The van der Waals surface area contributed by atoms with Crippen molar-refractivity contribution < 1.29 is 24.2 Å². The molecule has 1 aliphatic heterocycles. The zero-order chi connectivity index (χ0) is 14.9. The first-order chi connectivity index (χ1) is 9.43. The molecular formula is C13H14ClNO5. The monoisotopic (exact) mass is 299 g/mol. The Morgan fingerprint density at radius 1 is 1.50 bits per heavy atom. The molecule has 0 aliphatic carbocycles. The SMILES string of the molecule is COc1cc(C(=O)O)cc(Cl)c1OC1CCN(C)C1=O. The zero-order valence-electron chi connectivity index (χ0n) is 11.1. The molecule has 0 bridgehead atoms. The van der Waals surface area contributed by atoms with Gasteiger partial charge in [-0.2, -0.15) is 0 Å². The molecule has 1 saturated heterocycles. The quantitative estimate of drug-likeness (QED) is 0.915. The topological polar surface area (TPSA) is 76.1 Å². The third-order valence-corrected chi connectivity index (χ3v) is 3.40. The summed E-state index contributed by atoms with van der Waals surface area (Å²) in [6.07, 6.45) is -0.0720. The zero-order valence-corrected chi connectivity index (χ0v) is 11.8. The summed E-state index contributed by atoms with van der Waals surface area (Å²) in [6, 6.07) is 2.58. The average Bonchev–Trinajstić information content (AvgIpc) is 2.72. The van der Waals surface area contributed by atoms with Gasteiger partial charge in [0.1, 0.15) is 0 Å². The van der Waals surface area contributed by atoms with Crippen LogP contribution in [0.5, 0.6) is 11.5 Å². The van der Waals surface area contributed by atoms with E-state index < -0.39 is 12.1 Å². The number of carboxylic acids is 1. The van der Waals surface area contributed by atoms with Gasteiger partial charge < -0.3 is 19.5 Å². The molecule has 1 aromatic rings. The molecule has 1 amide bonds. The fourth-order valence-corrected chi connectivity index (χ4v) is 2.25.